The minimum atomic E-state index is -0.426. The van der Waals surface area contributed by atoms with Crippen molar-refractivity contribution in [3.05, 3.63) is 29.3 Å². The molecule has 0 fully saturated rings. The van der Waals surface area contributed by atoms with Gasteiger partial charge < -0.3 is 14.3 Å². The number of methoxy groups -OCH3 is 2. The van der Waals surface area contributed by atoms with Crippen molar-refractivity contribution in [2.45, 2.75) is 6.42 Å². The van der Waals surface area contributed by atoms with Crippen LogP contribution < -0.4 is 4.74 Å². The van der Waals surface area contributed by atoms with Gasteiger partial charge in [0.2, 0.25) is 0 Å². The Bertz CT molecular complexity index is 371. The Hall–Kier alpha value is -1.84. The van der Waals surface area contributed by atoms with Crippen LogP contribution >= 0.6 is 0 Å². The maximum absolute atomic E-state index is 11.2. The molecule has 0 bridgehead atoms. The first-order chi connectivity index (χ1) is 7.22. The molecule has 4 heteroatoms. The van der Waals surface area contributed by atoms with Gasteiger partial charge in [0.1, 0.15) is 12.0 Å². The van der Waals surface area contributed by atoms with Crippen LogP contribution in [0.3, 0.4) is 0 Å². The molecule has 0 unspecified atom stereocenters. The van der Waals surface area contributed by atoms with Gasteiger partial charge in [-0.25, -0.2) is 4.79 Å². The second kappa shape index (κ2) is 5.14. The van der Waals surface area contributed by atoms with Crippen LogP contribution in [0, 0.1) is 0 Å². The normalized spacial score (nSPS) is 9.47. The van der Waals surface area contributed by atoms with Crippen molar-refractivity contribution in [1.82, 2.24) is 0 Å². The highest BCUT2D eigenvalue weighted by atomic mass is 16.5. The van der Waals surface area contributed by atoms with E-state index in [1.165, 1.54) is 14.2 Å². The number of hydrogen-bond acceptors (Lipinski definition) is 4. The molecule has 80 valence electrons. The Labute approximate surface area is 87.8 Å². The summed E-state index contributed by atoms with van der Waals surface area (Å²) in [4.78, 5) is 21.6. The average Bonchev–Trinajstić information content (AvgIpc) is 2.28. The van der Waals surface area contributed by atoms with Crippen molar-refractivity contribution in [3.8, 4) is 5.75 Å². The van der Waals surface area contributed by atoms with Crippen molar-refractivity contribution in [2.24, 2.45) is 0 Å². The van der Waals surface area contributed by atoms with Crippen LogP contribution in [0.25, 0.3) is 0 Å². The maximum Gasteiger partial charge on any atom is 0.337 e. The third-order valence-electron chi connectivity index (χ3n) is 2.00. The first kappa shape index (κ1) is 11.2. The van der Waals surface area contributed by atoms with Crippen LogP contribution in [0.15, 0.2) is 18.2 Å². The number of aldehydes is 1. The van der Waals surface area contributed by atoms with Crippen LogP contribution in [0.5, 0.6) is 5.75 Å². The molecule has 1 aromatic rings. The van der Waals surface area contributed by atoms with E-state index in [1.54, 1.807) is 18.2 Å². The predicted molar refractivity (Wildman–Crippen MR) is 54.1 cm³/mol. The fraction of sp³-hybridized carbons (Fsp3) is 0.273. The van der Waals surface area contributed by atoms with E-state index in [0.29, 0.717) is 16.9 Å². The molecule has 15 heavy (non-hydrogen) atoms. The fourth-order valence-corrected chi connectivity index (χ4v) is 1.27. The lowest BCUT2D eigenvalue weighted by molar-refractivity contribution is -0.107. The summed E-state index contributed by atoms with van der Waals surface area (Å²) in [7, 11) is 2.83. The summed E-state index contributed by atoms with van der Waals surface area (Å²) in [6.45, 7) is 0. The monoisotopic (exact) mass is 208 g/mol. The van der Waals surface area contributed by atoms with Crippen LogP contribution in [0.4, 0.5) is 0 Å². The highest BCUT2D eigenvalue weighted by Crippen LogP contribution is 2.20. The zero-order chi connectivity index (χ0) is 11.3. The molecule has 0 saturated carbocycles. The van der Waals surface area contributed by atoms with Gasteiger partial charge in [-0.3, -0.25) is 0 Å². The molecule has 0 aliphatic heterocycles. The summed E-state index contributed by atoms with van der Waals surface area (Å²) in [5, 5.41) is 0. The summed E-state index contributed by atoms with van der Waals surface area (Å²) in [6.07, 6.45) is 0.979. The standard InChI is InChI=1S/C11H12O4/c1-14-10-4-3-9(11(13)15-2)7-8(10)5-6-12/h3-4,6-7H,5H2,1-2H3. The topological polar surface area (TPSA) is 52.6 Å². The summed E-state index contributed by atoms with van der Waals surface area (Å²) in [6, 6.07) is 4.84. The van der Waals surface area contributed by atoms with Gasteiger partial charge in [0.15, 0.2) is 0 Å². The van der Waals surface area contributed by atoms with Crippen molar-refractivity contribution in [3.63, 3.8) is 0 Å². The lowest BCUT2D eigenvalue weighted by Crippen LogP contribution is -2.03. The number of carbonyl (C=O) groups is 2. The molecule has 0 amide bonds. The van der Waals surface area contributed by atoms with E-state index in [4.69, 9.17) is 4.74 Å². The number of benzene rings is 1. The molecular formula is C11H12O4. The molecule has 0 atom stereocenters. The molecule has 4 nitrogen and oxygen atoms in total. The number of esters is 1. The van der Waals surface area contributed by atoms with E-state index in [0.717, 1.165) is 6.29 Å². The smallest absolute Gasteiger partial charge is 0.337 e. The van der Waals surface area contributed by atoms with E-state index in [9.17, 15) is 9.59 Å². The second-order valence-electron chi connectivity index (χ2n) is 2.89. The zero-order valence-corrected chi connectivity index (χ0v) is 8.65. The largest absolute Gasteiger partial charge is 0.496 e. The Morgan fingerprint density at radius 2 is 2.13 bits per heavy atom. The number of rotatable bonds is 4. The van der Waals surface area contributed by atoms with Crippen molar-refractivity contribution < 1.29 is 19.1 Å². The molecule has 0 saturated heterocycles. The van der Waals surface area contributed by atoms with E-state index in [2.05, 4.69) is 4.74 Å². The van der Waals surface area contributed by atoms with Gasteiger partial charge in [0.05, 0.1) is 19.8 Å². The predicted octanol–water partition coefficient (Wildman–Crippen LogP) is 1.22. The van der Waals surface area contributed by atoms with E-state index >= 15 is 0 Å². The maximum atomic E-state index is 11.2. The quantitative estimate of drug-likeness (QED) is 0.551. The molecule has 0 N–H and O–H groups in total. The summed E-state index contributed by atoms with van der Waals surface area (Å²) in [5.74, 6) is 0.166. The molecule has 0 aliphatic rings. The summed E-state index contributed by atoms with van der Waals surface area (Å²) < 4.78 is 9.63. The second-order valence-corrected chi connectivity index (χ2v) is 2.89. The highest BCUT2D eigenvalue weighted by Gasteiger charge is 2.09. The Morgan fingerprint density at radius 3 is 2.67 bits per heavy atom. The summed E-state index contributed by atoms with van der Waals surface area (Å²) in [5.41, 5.74) is 1.09. The van der Waals surface area contributed by atoms with Gasteiger partial charge in [-0.15, -0.1) is 0 Å². The Kier molecular flexibility index (Phi) is 3.85. The minimum absolute atomic E-state index is 0.216. The number of hydrogen-bond donors (Lipinski definition) is 0. The van der Waals surface area contributed by atoms with Crippen molar-refractivity contribution in [2.75, 3.05) is 14.2 Å². The molecule has 1 rings (SSSR count). The van der Waals surface area contributed by atoms with Gasteiger partial charge >= 0.3 is 5.97 Å². The first-order valence-corrected chi connectivity index (χ1v) is 4.41. The fourth-order valence-electron chi connectivity index (χ4n) is 1.27. The molecule has 1 aromatic carbocycles. The van der Waals surface area contributed by atoms with Crippen LogP contribution in [0.1, 0.15) is 15.9 Å². The van der Waals surface area contributed by atoms with E-state index in [-0.39, 0.29) is 6.42 Å². The van der Waals surface area contributed by atoms with Gasteiger partial charge in [-0.2, -0.15) is 0 Å². The zero-order valence-electron chi connectivity index (χ0n) is 8.65. The van der Waals surface area contributed by atoms with Gasteiger partial charge in [-0.1, -0.05) is 0 Å². The minimum Gasteiger partial charge on any atom is -0.496 e. The average molecular weight is 208 g/mol. The molecular weight excluding hydrogens is 196 g/mol. The van der Waals surface area contributed by atoms with Crippen LogP contribution in [-0.2, 0) is 16.0 Å². The van der Waals surface area contributed by atoms with E-state index < -0.39 is 5.97 Å². The first-order valence-electron chi connectivity index (χ1n) is 4.41. The van der Waals surface area contributed by atoms with Crippen molar-refractivity contribution in [1.29, 1.82) is 0 Å². The highest BCUT2D eigenvalue weighted by molar-refractivity contribution is 5.90. The SMILES string of the molecule is COC(=O)c1ccc(OC)c(CC=O)c1. The van der Waals surface area contributed by atoms with Crippen molar-refractivity contribution >= 4 is 12.3 Å². The molecule has 0 heterocycles. The number of ether oxygens (including phenoxy) is 2. The molecule has 0 aromatic heterocycles. The third-order valence-corrected chi connectivity index (χ3v) is 2.00. The molecule has 0 radical (unpaired) electrons. The number of carbonyl (C=O) groups excluding carboxylic acids is 2. The van der Waals surface area contributed by atoms with E-state index in [1.807, 2.05) is 0 Å². The Balaban J connectivity index is 3.09. The van der Waals surface area contributed by atoms with Crippen LogP contribution in [0.2, 0.25) is 0 Å². The lowest BCUT2D eigenvalue weighted by Gasteiger charge is -2.07. The van der Waals surface area contributed by atoms with Gasteiger partial charge in [0.25, 0.3) is 0 Å². The lowest BCUT2D eigenvalue weighted by atomic mass is 10.1. The Morgan fingerprint density at radius 1 is 1.40 bits per heavy atom. The molecule has 0 spiro atoms. The van der Waals surface area contributed by atoms with Crippen LogP contribution in [-0.4, -0.2) is 26.5 Å². The third kappa shape index (κ3) is 2.56. The summed E-state index contributed by atoms with van der Waals surface area (Å²) >= 11 is 0. The van der Waals surface area contributed by atoms with Gasteiger partial charge in [-0.05, 0) is 18.2 Å². The molecule has 0 aliphatic carbocycles. The van der Waals surface area contributed by atoms with Gasteiger partial charge in [0, 0.05) is 12.0 Å².